The number of guanidine groups is 1. The summed E-state index contributed by atoms with van der Waals surface area (Å²) < 4.78 is 1.85. The molecule has 0 amide bonds. The van der Waals surface area contributed by atoms with Crippen LogP contribution in [0.3, 0.4) is 0 Å². The summed E-state index contributed by atoms with van der Waals surface area (Å²) in [6.07, 6.45) is 0. The lowest BCUT2D eigenvalue weighted by Gasteiger charge is -2.34. The maximum Gasteiger partial charge on any atom is 0.271 e. The van der Waals surface area contributed by atoms with Gasteiger partial charge in [0.2, 0.25) is 5.96 Å². The van der Waals surface area contributed by atoms with E-state index in [9.17, 15) is 10.1 Å². The second-order valence-corrected chi connectivity index (χ2v) is 6.65. The molecule has 27 heavy (non-hydrogen) atoms. The molecule has 2 aromatic carbocycles. The van der Waals surface area contributed by atoms with E-state index in [-0.39, 0.29) is 10.6 Å². The zero-order chi connectivity index (χ0) is 18.5. The first kappa shape index (κ1) is 15.6. The third-order valence-electron chi connectivity index (χ3n) is 4.93. The maximum absolute atomic E-state index is 11.1. The number of hydrogen-bond donors (Lipinski definition) is 1. The van der Waals surface area contributed by atoms with Crippen LogP contribution in [0.2, 0.25) is 0 Å². The van der Waals surface area contributed by atoms with E-state index in [2.05, 4.69) is 15.3 Å². The first-order chi connectivity index (χ1) is 13.1. The molecule has 0 aliphatic carbocycles. The Balaban J connectivity index is 1.59. The fourth-order valence-electron chi connectivity index (χ4n) is 3.53. The van der Waals surface area contributed by atoms with E-state index in [1.54, 1.807) is 12.1 Å². The first-order valence-electron chi connectivity index (χ1n) is 8.62. The SMILES string of the molecule is Cc1nn(-c2ccccc2)c2c1CN1Cc3ccc([N+](=O)[O-])cc3NC1=N2. The van der Waals surface area contributed by atoms with E-state index in [4.69, 9.17) is 4.99 Å². The topological polar surface area (TPSA) is 88.6 Å². The number of nitrogens with zero attached hydrogens (tertiary/aromatic N) is 5. The van der Waals surface area contributed by atoms with Gasteiger partial charge in [-0.05, 0) is 30.7 Å². The van der Waals surface area contributed by atoms with Crippen molar-refractivity contribution in [3.8, 4) is 5.69 Å². The highest BCUT2D eigenvalue weighted by Gasteiger charge is 2.30. The number of nitrogens with one attached hydrogen (secondary N) is 1. The van der Waals surface area contributed by atoms with Crippen LogP contribution in [0.1, 0.15) is 16.8 Å². The van der Waals surface area contributed by atoms with Crippen LogP contribution in [0.25, 0.3) is 5.69 Å². The van der Waals surface area contributed by atoms with E-state index in [0.717, 1.165) is 34.0 Å². The Bertz CT molecular complexity index is 1100. The number of benzene rings is 2. The van der Waals surface area contributed by atoms with Gasteiger partial charge in [0.05, 0.1) is 28.5 Å². The van der Waals surface area contributed by atoms with E-state index in [0.29, 0.717) is 19.0 Å². The molecular formula is C19H16N6O2. The molecule has 0 bridgehead atoms. The van der Waals surface area contributed by atoms with Crippen molar-refractivity contribution in [1.82, 2.24) is 14.7 Å². The van der Waals surface area contributed by atoms with Crippen molar-refractivity contribution in [3.05, 3.63) is 75.5 Å². The summed E-state index contributed by atoms with van der Waals surface area (Å²) in [7, 11) is 0. The van der Waals surface area contributed by atoms with Crippen molar-refractivity contribution in [2.24, 2.45) is 4.99 Å². The normalized spacial score (nSPS) is 14.6. The summed E-state index contributed by atoms with van der Waals surface area (Å²) in [6, 6.07) is 14.8. The molecule has 2 aliphatic heterocycles. The Morgan fingerprint density at radius 2 is 1.96 bits per heavy atom. The molecule has 1 N–H and O–H groups in total. The minimum atomic E-state index is -0.386. The predicted octanol–water partition coefficient (Wildman–Crippen LogP) is 3.52. The summed E-state index contributed by atoms with van der Waals surface area (Å²) in [5, 5.41) is 19.0. The number of anilines is 1. The van der Waals surface area contributed by atoms with Gasteiger partial charge >= 0.3 is 0 Å². The first-order valence-corrected chi connectivity index (χ1v) is 8.62. The van der Waals surface area contributed by atoms with Crippen LogP contribution in [0, 0.1) is 17.0 Å². The molecule has 0 unspecified atom stereocenters. The summed E-state index contributed by atoms with van der Waals surface area (Å²) in [6.45, 7) is 3.33. The number of para-hydroxylation sites is 1. The lowest BCUT2D eigenvalue weighted by molar-refractivity contribution is -0.384. The summed E-state index contributed by atoms with van der Waals surface area (Å²) in [5.74, 6) is 1.49. The third-order valence-corrected chi connectivity index (χ3v) is 4.93. The average molecular weight is 360 g/mol. The van der Waals surface area contributed by atoms with E-state index < -0.39 is 0 Å². The second-order valence-electron chi connectivity index (χ2n) is 6.65. The standard InChI is InChI=1S/C19H16N6O2/c1-12-16-11-23-10-13-7-8-15(25(26)27)9-17(13)20-19(23)21-18(16)24(22-12)14-5-3-2-4-6-14/h2-9H,10-11H2,1H3,(H,20,21). The van der Waals surface area contributed by atoms with Gasteiger partial charge in [-0.3, -0.25) is 10.1 Å². The number of aliphatic imine (C=N–C) groups is 1. The second kappa shape index (κ2) is 5.66. The van der Waals surface area contributed by atoms with Crippen molar-refractivity contribution in [2.45, 2.75) is 20.0 Å². The van der Waals surface area contributed by atoms with Crippen LogP contribution >= 0.6 is 0 Å². The number of rotatable bonds is 2. The average Bonchev–Trinajstić information content (AvgIpc) is 3.00. The molecule has 0 saturated carbocycles. The number of fused-ring (bicyclic) bond motifs is 3. The number of nitro benzene ring substituents is 1. The lowest BCUT2D eigenvalue weighted by Crippen LogP contribution is -2.41. The van der Waals surface area contributed by atoms with Crippen molar-refractivity contribution in [2.75, 3.05) is 5.32 Å². The molecule has 2 aliphatic rings. The molecule has 0 spiro atoms. The molecule has 8 heteroatoms. The minimum Gasteiger partial charge on any atom is -0.333 e. The molecule has 1 aromatic heterocycles. The fraction of sp³-hybridized carbons (Fsp3) is 0.158. The highest BCUT2D eigenvalue weighted by Crippen LogP contribution is 2.36. The molecule has 134 valence electrons. The Kier molecular flexibility index (Phi) is 3.27. The number of non-ortho nitro benzene ring substituents is 1. The quantitative estimate of drug-likeness (QED) is 0.558. The smallest absolute Gasteiger partial charge is 0.271 e. The van der Waals surface area contributed by atoms with Gasteiger partial charge in [-0.15, -0.1) is 0 Å². The Hall–Kier alpha value is -3.68. The molecular weight excluding hydrogens is 344 g/mol. The van der Waals surface area contributed by atoms with Crippen LogP contribution in [0.4, 0.5) is 17.2 Å². The number of aryl methyl sites for hydroxylation is 1. The molecule has 0 saturated heterocycles. The Morgan fingerprint density at radius 3 is 2.74 bits per heavy atom. The molecule has 0 radical (unpaired) electrons. The van der Waals surface area contributed by atoms with Crippen LogP contribution in [0.15, 0.2) is 53.5 Å². The van der Waals surface area contributed by atoms with Crippen LogP contribution in [0.5, 0.6) is 0 Å². The van der Waals surface area contributed by atoms with Gasteiger partial charge < -0.3 is 10.2 Å². The third kappa shape index (κ3) is 2.45. The highest BCUT2D eigenvalue weighted by molar-refractivity contribution is 5.99. The van der Waals surface area contributed by atoms with Crippen molar-refractivity contribution in [3.63, 3.8) is 0 Å². The van der Waals surface area contributed by atoms with Gasteiger partial charge in [-0.1, -0.05) is 18.2 Å². The molecule has 3 heterocycles. The van der Waals surface area contributed by atoms with Crippen LogP contribution in [-0.4, -0.2) is 25.6 Å². The maximum atomic E-state index is 11.1. The number of aromatic nitrogens is 2. The van der Waals surface area contributed by atoms with Gasteiger partial charge in [-0.2, -0.15) is 10.1 Å². The summed E-state index contributed by atoms with van der Waals surface area (Å²) >= 11 is 0. The minimum absolute atomic E-state index is 0.0666. The van der Waals surface area contributed by atoms with Crippen LogP contribution < -0.4 is 5.32 Å². The molecule has 0 fully saturated rings. The molecule has 0 atom stereocenters. The van der Waals surface area contributed by atoms with E-state index in [1.807, 2.05) is 41.9 Å². The molecule has 5 rings (SSSR count). The Morgan fingerprint density at radius 1 is 1.15 bits per heavy atom. The zero-order valence-corrected chi connectivity index (χ0v) is 14.6. The van der Waals surface area contributed by atoms with Crippen molar-refractivity contribution < 1.29 is 4.92 Å². The van der Waals surface area contributed by atoms with Gasteiger partial charge in [0.25, 0.3) is 5.69 Å². The predicted molar refractivity (Wildman–Crippen MR) is 101 cm³/mol. The van der Waals surface area contributed by atoms with Gasteiger partial charge in [0, 0.05) is 24.2 Å². The van der Waals surface area contributed by atoms with Crippen molar-refractivity contribution >= 4 is 23.2 Å². The number of hydrogen-bond acceptors (Lipinski definition) is 6. The molecule has 3 aromatic rings. The highest BCUT2D eigenvalue weighted by atomic mass is 16.6. The van der Waals surface area contributed by atoms with Gasteiger partial charge in [0.15, 0.2) is 5.82 Å². The largest absolute Gasteiger partial charge is 0.333 e. The summed E-state index contributed by atoms with van der Waals surface area (Å²) in [5.41, 5.74) is 4.80. The summed E-state index contributed by atoms with van der Waals surface area (Å²) in [4.78, 5) is 17.6. The van der Waals surface area contributed by atoms with Gasteiger partial charge in [0.1, 0.15) is 0 Å². The van der Waals surface area contributed by atoms with Gasteiger partial charge in [-0.25, -0.2) is 4.68 Å². The monoisotopic (exact) mass is 360 g/mol. The fourth-order valence-corrected chi connectivity index (χ4v) is 3.53. The van der Waals surface area contributed by atoms with E-state index in [1.165, 1.54) is 6.07 Å². The zero-order valence-electron chi connectivity index (χ0n) is 14.6. The van der Waals surface area contributed by atoms with Crippen molar-refractivity contribution in [1.29, 1.82) is 0 Å². The number of nitro groups is 1. The van der Waals surface area contributed by atoms with Crippen LogP contribution in [-0.2, 0) is 13.1 Å². The lowest BCUT2D eigenvalue weighted by atomic mass is 10.1. The molecule has 8 nitrogen and oxygen atoms in total. The Labute approximate surface area is 154 Å². The van der Waals surface area contributed by atoms with E-state index >= 15 is 0 Å².